The first kappa shape index (κ1) is 14.7. The van der Waals surface area contributed by atoms with Crippen LogP contribution in [0, 0.1) is 6.92 Å². The standard InChI is InChI=1S/C15H18N2O2S2/c1-10-17-15(12-5-3-7-20-12)13(21-10)8-14(18)16-9-11-4-2-6-19-11/h3,5,7,11H,2,4,6,8-9H2,1H3,(H,16,18)/t11-/m0/s1. The Bertz CT molecular complexity index is 601. The molecule has 0 bridgehead atoms. The smallest absolute Gasteiger partial charge is 0.225 e. The maximum Gasteiger partial charge on any atom is 0.225 e. The van der Waals surface area contributed by atoms with E-state index in [0.717, 1.165) is 39.9 Å². The van der Waals surface area contributed by atoms with Crippen LogP contribution in [0.15, 0.2) is 17.5 Å². The molecule has 1 saturated heterocycles. The second kappa shape index (κ2) is 6.68. The van der Waals surface area contributed by atoms with Gasteiger partial charge in [0.15, 0.2) is 0 Å². The summed E-state index contributed by atoms with van der Waals surface area (Å²) in [4.78, 5) is 18.9. The molecule has 0 radical (unpaired) electrons. The highest BCUT2D eigenvalue weighted by molar-refractivity contribution is 7.15. The number of carbonyl (C=O) groups is 1. The van der Waals surface area contributed by atoms with E-state index in [4.69, 9.17) is 4.74 Å². The fraction of sp³-hybridized carbons (Fsp3) is 0.467. The molecule has 3 heterocycles. The van der Waals surface area contributed by atoms with Crippen molar-refractivity contribution in [3.05, 3.63) is 27.4 Å². The van der Waals surface area contributed by atoms with E-state index in [1.54, 1.807) is 22.7 Å². The third-order valence-corrected chi connectivity index (χ3v) is 5.28. The normalized spacial score (nSPS) is 18.0. The lowest BCUT2D eigenvalue weighted by atomic mass is 10.2. The number of nitrogens with one attached hydrogen (secondary N) is 1. The molecule has 0 aromatic carbocycles. The van der Waals surface area contributed by atoms with Gasteiger partial charge in [0.2, 0.25) is 5.91 Å². The van der Waals surface area contributed by atoms with Crippen LogP contribution in [-0.2, 0) is 16.0 Å². The van der Waals surface area contributed by atoms with E-state index in [-0.39, 0.29) is 12.0 Å². The van der Waals surface area contributed by atoms with Crippen molar-refractivity contribution in [3.8, 4) is 10.6 Å². The van der Waals surface area contributed by atoms with Crippen LogP contribution >= 0.6 is 22.7 Å². The van der Waals surface area contributed by atoms with E-state index in [9.17, 15) is 4.79 Å². The molecular formula is C15H18N2O2S2. The summed E-state index contributed by atoms with van der Waals surface area (Å²) in [6, 6.07) is 4.06. The lowest BCUT2D eigenvalue weighted by molar-refractivity contribution is -0.120. The molecule has 1 amide bonds. The average Bonchev–Trinajstić information content (AvgIpc) is 3.18. The summed E-state index contributed by atoms with van der Waals surface area (Å²) in [5, 5.41) is 6.01. The zero-order chi connectivity index (χ0) is 14.7. The molecule has 4 nitrogen and oxygen atoms in total. The van der Waals surface area contributed by atoms with Gasteiger partial charge in [0.05, 0.1) is 28.1 Å². The minimum atomic E-state index is 0.0481. The first-order valence-corrected chi connectivity index (χ1v) is 8.80. The highest BCUT2D eigenvalue weighted by atomic mass is 32.1. The summed E-state index contributed by atoms with van der Waals surface area (Å²) < 4.78 is 5.52. The van der Waals surface area contributed by atoms with Gasteiger partial charge in [-0.15, -0.1) is 22.7 Å². The number of ether oxygens (including phenoxy) is 1. The minimum Gasteiger partial charge on any atom is -0.376 e. The number of nitrogens with zero attached hydrogens (tertiary/aromatic N) is 1. The molecule has 0 saturated carbocycles. The van der Waals surface area contributed by atoms with Gasteiger partial charge in [-0.25, -0.2) is 4.98 Å². The topological polar surface area (TPSA) is 51.2 Å². The summed E-state index contributed by atoms with van der Waals surface area (Å²) in [5.41, 5.74) is 0.958. The Morgan fingerprint density at radius 2 is 2.48 bits per heavy atom. The Labute approximate surface area is 132 Å². The van der Waals surface area contributed by atoms with Gasteiger partial charge in [-0.1, -0.05) is 6.07 Å². The number of aromatic nitrogens is 1. The molecule has 0 spiro atoms. The first-order chi connectivity index (χ1) is 10.2. The first-order valence-electron chi connectivity index (χ1n) is 7.11. The molecule has 1 aliphatic rings. The predicted octanol–water partition coefficient (Wildman–Crippen LogP) is 3.02. The number of thiazole rings is 1. The van der Waals surface area contributed by atoms with Gasteiger partial charge in [0.25, 0.3) is 0 Å². The van der Waals surface area contributed by atoms with Crippen molar-refractivity contribution in [2.24, 2.45) is 0 Å². The molecular weight excluding hydrogens is 304 g/mol. The van der Waals surface area contributed by atoms with Crippen LogP contribution in [0.4, 0.5) is 0 Å². The lowest BCUT2D eigenvalue weighted by Crippen LogP contribution is -2.32. The Morgan fingerprint density at radius 3 is 3.19 bits per heavy atom. The van der Waals surface area contributed by atoms with E-state index >= 15 is 0 Å². The lowest BCUT2D eigenvalue weighted by Gasteiger charge is -2.10. The number of thiophene rings is 1. The van der Waals surface area contributed by atoms with E-state index in [1.807, 2.05) is 24.4 Å². The van der Waals surface area contributed by atoms with E-state index in [2.05, 4.69) is 10.3 Å². The fourth-order valence-electron chi connectivity index (χ4n) is 2.44. The molecule has 3 rings (SSSR count). The van der Waals surface area contributed by atoms with Crippen molar-refractivity contribution in [1.82, 2.24) is 10.3 Å². The van der Waals surface area contributed by atoms with Crippen LogP contribution in [0.2, 0.25) is 0 Å². The van der Waals surface area contributed by atoms with Gasteiger partial charge in [0.1, 0.15) is 0 Å². The summed E-state index contributed by atoms with van der Waals surface area (Å²) in [6.07, 6.45) is 2.72. The number of hydrogen-bond donors (Lipinski definition) is 1. The quantitative estimate of drug-likeness (QED) is 0.920. The predicted molar refractivity (Wildman–Crippen MR) is 85.9 cm³/mol. The largest absolute Gasteiger partial charge is 0.376 e. The molecule has 21 heavy (non-hydrogen) atoms. The monoisotopic (exact) mass is 322 g/mol. The summed E-state index contributed by atoms with van der Waals surface area (Å²) in [6.45, 7) is 3.41. The SMILES string of the molecule is Cc1nc(-c2cccs2)c(CC(=O)NC[C@@H]2CCCO2)s1. The Hall–Kier alpha value is -1.24. The maximum atomic E-state index is 12.1. The number of amides is 1. The van der Waals surface area contributed by atoms with E-state index < -0.39 is 0 Å². The number of aryl methyl sites for hydroxylation is 1. The van der Waals surface area contributed by atoms with Crippen molar-refractivity contribution in [2.45, 2.75) is 32.3 Å². The van der Waals surface area contributed by atoms with Gasteiger partial charge < -0.3 is 10.1 Å². The van der Waals surface area contributed by atoms with Crippen molar-refractivity contribution < 1.29 is 9.53 Å². The molecule has 0 aliphatic carbocycles. The van der Waals surface area contributed by atoms with Crippen LogP contribution in [0.5, 0.6) is 0 Å². The molecule has 112 valence electrons. The summed E-state index contributed by atoms with van der Waals surface area (Å²) >= 11 is 3.26. The van der Waals surface area contributed by atoms with Crippen molar-refractivity contribution >= 4 is 28.6 Å². The second-order valence-corrected chi connectivity index (χ2v) is 7.33. The summed E-state index contributed by atoms with van der Waals surface area (Å²) in [7, 11) is 0. The zero-order valence-electron chi connectivity index (χ0n) is 11.9. The summed E-state index contributed by atoms with van der Waals surface area (Å²) in [5.74, 6) is 0.0481. The number of hydrogen-bond acceptors (Lipinski definition) is 5. The molecule has 1 atom stereocenters. The maximum absolute atomic E-state index is 12.1. The molecule has 1 fully saturated rings. The van der Waals surface area contributed by atoms with Gasteiger partial charge in [-0.3, -0.25) is 4.79 Å². The van der Waals surface area contributed by atoms with Crippen molar-refractivity contribution in [3.63, 3.8) is 0 Å². The zero-order valence-corrected chi connectivity index (χ0v) is 13.6. The Balaban J connectivity index is 1.63. The Kier molecular flexibility index (Phi) is 4.67. The molecule has 2 aromatic rings. The van der Waals surface area contributed by atoms with Crippen LogP contribution in [-0.4, -0.2) is 30.1 Å². The van der Waals surface area contributed by atoms with Gasteiger partial charge in [0, 0.05) is 18.0 Å². The van der Waals surface area contributed by atoms with Gasteiger partial charge in [-0.2, -0.15) is 0 Å². The molecule has 1 N–H and O–H groups in total. The minimum absolute atomic E-state index is 0.0481. The molecule has 2 aromatic heterocycles. The van der Waals surface area contributed by atoms with Crippen LogP contribution < -0.4 is 5.32 Å². The average molecular weight is 322 g/mol. The third-order valence-electron chi connectivity index (χ3n) is 3.43. The second-order valence-electron chi connectivity index (χ2n) is 5.10. The highest BCUT2D eigenvalue weighted by Gasteiger charge is 2.18. The number of rotatable bonds is 5. The van der Waals surface area contributed by atoms with Crippen molar-refractivity contribution in [2.75, 3.05) is 13.2 Å². The van der Waals surface area contributed by atoms with E-state index in [1.165, 1.54) is 0 Å². The molecule has 6 heteroatoms. The van der Waals surface area contributed by atoms with Gasteiger partial charge >= 0.3 is 0 Å². The number of carbonyl (C=O) groups excluding carboxylic acids is 1. The Morgan fingerprint density at radius 1 is 1.57 bits per heavy atom. The fourth-order valence-corrected chi connectivity index (χ4v) is 4.19. The molecule has 1 aliphatic heterocycles. The van der Waals surface area contributed by atoms with Crippen molar-refractivity contribution in [1.29, 1.82) is 0 Å². The van der Waals surface area contributed by atoms with Gasteiger partial charge in [-0.05, 0) is 31.2 Å². The van der Waals surface area contributed by atoms with Crippen LogP contribution in [0.3, 0.4) is 0 Å². The van der Waals surface area contributed by atoms with E-state index in [0.29, 0.717) is 13.0 Å². The molecule has 0 unspecified atom stereocenters. The van der Waals surface area contributed by atoms with Crippen LogP contribution in [0.1, 0.15) is 22.7 Å². The highest BCUT2D eigenvalue weighted by Crippen LogP contribution is 2.31. The van der Waals surface area contributed by atoms with Crippen LogP contribution in [0.25, 0.3) is 10.6 Å². The third kappa shape index (κ3) is 3.70.